The average molecular weight is 472 g/mol. The second-order valence-electron chi connectivity index (χ2n) is 5.00. The summed E-state index contributed by atoms with van der Waals surface area (Å²) in [6.07, 6.45) is -1.39. The summed E-state index contributed by atoms with van der Waals surface area (Å²) in [6.45, 7) is 2.13. The maximum atomic E-state index is 13.7. The number of rotatable bonds is 7. The maximum absolute atomic E-state index is 13.7. The summed E-state index contributed by atoms with van der Waals surface area (Å²) in [5, 5.41) is 4.20. The van der Waals surface area contributed by atoms with Crippen LogP contribution in [0.15, 0.2) is 21.5 Å². The first-order valence-electron chi connectivity index (χ1n) is 7.40. The van der Waals surface area contributed by atoms with Gasteiger partial charge >= 0.3 is 12.0 Å². The number of halogens is 3. The molecule has 0 saturated heterocycles. The van der Waals surface area contributed by atoms with Crippen LogP contribution in [0.3, 0.4) is 0 Å². The lowest BCUT2D eigenvalue weighted by atomic mass is 10.3. The van der Waals surface area contributed by atoms with E-state index in [4.69, 9.17) is 0 Å². The molecule has 0 aliphatic carbocycles. The number of esters is 1. The van der Waals surface area contributed by atoms with Gasteiger partial charge in [-0.3, -0.25) is 14.9 Å². The van der Waals surface area contributed by atoms with Crippen LogP contribution in [0, 0.1) is 11.6 Å². The van der Waals surface area contributed by atoms with Gasteiger partial charge in [-0.25, -0.2) is 22.0 Å². The van der Waals surface area contributed by atoms with Crippen molar-refractivity contribution in [3.8, 4) is 0 Å². The Labute approximate surface area is 162 Å². The van der Waals surface area contributed by atoms with E-state index in [2.05, 4.69) is 26.0 Å². The molecule has 0 spiro atoms. The molecule has 3 amide bonds. The molecular weight excluding hydrogens is 456 g/mol. The Morgan fingerprint density at radius 3 is 2.44 bits per heavy atom. The van der Waals surface area contributed by atoms with Crippen molar-refractivity contribution >= 4 is 43.9 Å². The molecule has 150 valence electrons. The van der Waals surface area contributed by atoms with E-state index in [0.717, 1.165) is 13.0 Å². The summed E-state index contributed by atoms with van der Waals surface area (Å²) in [4.78, 5) is 33.6. The minimum atomic E-state index is -4.52. The number of hydrogen-bond donors (Lipinski definition) is 3. The average Bonchev–Trinajstić information content (AvgIpc) is 2.51. The summed E-state index contributed by atoms with van der Waals surface area (Å²) >= 11 is 2.73. The number of carbonyl (C=O) groups excluding carboxylic acids is 3. The highest BCUT2D eigenvalue weighted by Gasteiger charge is 2.26. The van der Waals surface area contributed by atoms with Crippen LogP contribution in [0.25, 0.3) is 0 Å². The van der Waals surface area contributed by atoms with Crippen molar-refractivity contribution in [3.63, 3.8) is 0 Å². The molecule has 27 heavy (non-hydrogen) atoms. The van der Waals surface area contributed by atoms with Crippen molar-refractivity contribution in [1.82, 2.24) is 15.4 Å². The standard InChI is InChI=1S/C14H16BrF2N3O6S/c1-3-18-14(23)20-13(22)7(2)26-11(21)6-19-27(24,25)12-9(15)4-8(16)5-10(12)17/h4-5,7,19H,3,6H2,1-2H3,(H2,18,20,22,23)/t7-/m1/s1. The van der Waals surface area contributed by atoms with Crippen LogP contribution in [0.5, 0.6) is 0 Å². The van der Waals surface area contributed by atoms with E-state index in [0.29, 0.717) is 6.07 Å². The second-order valence-corrected chi connectivity index (χ2v) is 7.56. The highest BCUT2D eigenvalue weighted by atomic mass is 79.9. The summed E-state index contributed by atoms with van der Waals surface area (Å²) in [6, 6.07) is 0.317. The first kappa shape index (κ1) is 22.9. The summed E-state index contributed by atoms with van der Waals surface area (Å²) in [7, 11) is -4.52. The first-order chi connectivity index (χ1) is 12.5. The molecule has 1 aromatic carbocycles. The lowest BCUT2D eigenvalue weighted by molar-refractivity contribution is -0.153. The number of hydrogen-bond acceptors (Lipinski definition) is 6. The van der Waals surface area contributed by atoms with Crippen LogP contribution in [0.1, 0.15) is 13.8 Å². The highest BCUT2D eigenvalue weighted by Crippen LogP contribution is 2.25. The predicted molar refractivity (Wildman–Crippen MR) is 92.0 cm³/mol. The van der Waals surface area contributed by atoms with Gasteiger partial charge in [-0.05, 0) is 35.8 Å². The molecule has 0 fully saturated rings. The van der Waals surface area contributed by atoms with Crippen LogP contribution in [-0.2, 0) is 24.3 Å². The Morgan fingerprint density at radius 1 is 1.26 bits per heavy atom. The zero-order valence-corrected chi connectivity index (χ0v) is 16.5. The SMILES string of the molecule is CCNC(=O)NC(=O)[C@@H](C)OC(=O)CNS(=O)(=O)c1c(F)cc(F)cc1Br. The lowest BCUT2D eigenvalue weighted by Crippen LogP contribution is -2.45. The van der Waals surface area contributed by atoms with Crippen LogP contribution in [0.2, 0.25) is 0 Å². The van der Waals surface area contributed by atoms with Gasteiger partial charge in [0.15, 0.2) is 6.10 Å². The van der Waals surface area contributed by atoms with Gasteiger partial charge in [0, 0.05) is 17.1 Å². The molecule has 1 aromatic rings. The van der Waals surface area contributed by atoms with Crippen LogP contribution >= 0.6 is 15.9 Å². The minimum absolute atomic E-state index is 0.268. The molecule has 1 rings (SSSR count). The van der Waals surface area contributed by atoms with E-state index in [1.54, 1.807) is 11.6 Å². The summed E-state index contributed by atoms with van der Waals surface area (Å²) in [5.41, 5.74) is 0. The van der Waals surface area contributed by atoms with E-state index >= 15 is 0 Å². The van der Waals surface area contributed by atoms with E-state index in [1.807, 2.05) is 5.32 Å². The Hall–Kier alpha value is -2.12. The molecular formula is C14H16BrF2N3O6S. The second kappa shape index (κ2) is 9.71. The molecule has 0 radical (unpaired) electrons. The van der Waals surface area contributed by atoms with Gasteiger partial charge in [0.05, 0.1) is 0 Å². The van der Waals surface area contributed by atoms with Gasteiger partial charge in [0.2, 0.25) is 10.0 Å². The van der Waals surface area contributed by atoms with Gasteiger partial charge in [0.1, 0.15) is 23.1 Å². The molecule has 0 heterocycles. The minimum Gasteiger partial charge on any atom is -0.452 e. The Kier molecular flexibility index (Phi) is 8.24. The van der Waals surface area contributed by atoms with Crippen LogP contribution in [0.4, 0.5) is 13.6 Å². The number of benzene rings is 1. The van der Waals surface area contributed by atoms with E-state index in [9.17, 15) is 31.6 Å². The molecule has 0 bridgehead atoms. The molecule has 9 nitrogen and oxygen atoms in total. The van der Waals surface area contributed by atoms with Gasteiger partial charge in [0.25, 0.3) is 5.91 Å². The topological polar surface area (TPSA) is 131 Å². The number of imide groups is 1. The Balaban J connectivity index is 2.68. The van der Waals surface area contributed by atoms with Crippen LogP contribution in [-0.4, -0.2) is 45.5 Å². The molecule has 0 aromatic heterocycles. The number of urea groups is 1. The lowest BCUT2D eigenvalue weighted by Gasteiger charge is -2.14. The van der Waals surface area contributed by atoms with Crippen molar-refractivity contribution in [2.24, 2.45) is 0 Å². The van der Waals surface area contributed by atoms with E-state index < -0.39 is 57.1 Å². The Bertz CT molecular complexity index is 826. The largest absolute Gasteiger partial charge is 0.452 e. The number of nitrogens with one attached hydrogen (secondary N) is 3. The highest BCUT2D eigenvalue weighted by molar-refractivity contribution is 9.10. The third kappa shape index (κ3) is 6.84. The fourth-order valence-electron chi connectivity index (χ4n) is 1.72. The Morgan fingerprint density at radius 2 is 1.89 bits per heavy atom. The van der Waals surface area contributed by atoms with Gasteiger partial charge < -0.3 is 10.1 Å². The van der Waals surface area contributed by atoms with Gasteiger partial charge in [-0.1, -0.05) is 0 Å². The summed E-state index contributed by atoms with van der Waals surface area (Å²) < 4.78 is 57.0. The third-order valence-electron chi connectivity index (χ3n) is 2.89. The van der Waals surface area contributed by atoms with Gasteiger partial charge in [-0.15, -0.1) is 0 Å². The fraction of sp³-hybridized carbons (Fsp3) is 0.357. The van der Waals surface area contributed by atoms with Crippen molar-refractivity contribution in [1.29, 1.82) is 0 Å². The van der Waals surface area contributed by atoms with E-state index in [1.165, 1.54) is 0 Å². The predicted octanol–water partition coefficient (Wildman–Crippen LogP) is 0.783. The third-order valence-corrected chi connectivity index (χ3v) is 5.25. The number of carbonyl (C=O) groups is 3. The molecule has 13 heteroatoms. The first-order valence-corrected chi connectivity index (χ1v) is 9.68. The van der Waals surface area contributed by atoms with Crippen molar-refractivity contribution in [2.75, 3.05) is 13.1 Å². The molecule has 0 unspecified atom stereocenters. The molecule has 0 aliphatic rings. The maximum Gasteiger partial charge on any atom is 0.321 e. The summed E-state index contributed by atoms with van der Waals surface area (Å²) in [5.74, 6) is -4.44. The van der Waals surface area contributed by atoms with E-state index in [-0.39, 0.29) is 11.0 Å². The zero-order chi connectivity index (χ0) is 20.8. The zero-order valence-electron chi connectivity index (χ0n) is 14.1. The van der Waals surface area contributed by atoms with Crippen molar-refractivity contribution < 1.29 is 36.3 Å². The van der Waals surface area contributed by atoms with Crippen LogP contribution < -0.4 is 15.4 Å². The molecule has 3 N–H and O–H groups in total. The monoisotopic (exact) mass is 471 g/mol. The molecule has 1 atom stereocenters. The van der Waals surface area contributed by atoms with Crippen molar-refractivity contribution in [3.05, 3.63) is 28.2 Å². The fourth-order valence-corrected chi connectivity index (χ4v) is 3.85. The number of sulfonamides is 1. The number of ether oxygens (including phenoxy) is 1. The van der Waals surface area contributed by atoms with Crippen molar-refractivity contribution in [2.45, 2.75) is 24.8 Å². The molecule has 0 saturated carbocycles. The quantitative estimate of drug-likeness (QED) is 0.503. The number of amides is 3. The molecule has 0 aliphatic heterocycles. The normalized spacial score (nSPS) is 12.2. The van der Waals surface area contributed by atoms with Gasteiger partial charge in [-0.2, -0.15) is 4.72 Å². The smallest absolute Gasteiger partial charge is 0.321 e.